The van der Waals surface area contributed by atoms with Crippen molar-refractivity contribution in [1.29, 1.82) is 10.8 Å². The van der Waals surface area contributed by atoms with Crippen LogP contribution in [0.25, 0.3) is 27.6 Å². The zero-order valence-corrected chi connectivity index (χ0v) is 19.4. The molecule has 0 bridgehead atoms. The van der Waals surface area contributed by atoms with Gasteiger partial charge in [0.15, 0.2) is 5.75 Å². The van der Waals surface area contributed by atoms with Crippen LogP contribution in [0, 0.1) is 24.7 Å². The smallest absolute Gasteiger partial charge is 0.274 e. The fraction of sp³-hybridized carbons (Fsp3) is 0.154. The Morgan fingerprint density at radius 3 is 2.35 bits per heavy atom. The summed E-state index contributed by atoms with van der Waals surface area (Å²) in [4.78, 5) is 28.6. The number of nitrogens with one attached hydrogen (secondary N) is 3. The first-order valence-electron chi connectivity index (χ1n) is 10.6. The summed E-state index contributed by atoms with van der Waals surface area (Å²) in [5, 5.41) is 15.6. The molecule has 0 aliphatic carbocycles. The first-order chi connectivity index (χ1) is 16.2. The number of pyridine rings is 2. The van der Waals surface area contributed by atoms with Crippen molar-refractivity contribution in [1.82, 2.24) is 14.1 Å². The van der Waals surface area contributed by atoms with Crippen LogP contribution in [0.2, 0.25) is 0 Å². The van der Waals surface area contributed by atoms with Crippen LogP contribution < -0.4 is 15.9 Å². The van der Waals surface area contributed by atoms with Crippen molar-refractivity contribution in [3.05, 3.63) is 86.3 Å². The van der Waals surface area contributed by atoms with Gasteiger partial charge in [-0.05, 0) is 37.1 Å². The molecule has 0 amide bonds. The van der Waals surface area contributed by atoms with Gasteiger partial charge in [0, 0.05) is 66.6 Å². The first kappa shape index (κ1) is 22.7. The average molecular weight is 456 g/mol. The summed E-state index contributed by atoms with van der Waals surface area (Å²) in [5.74, 6) is 1.18. The van der Waals surface area contributed by atoms with Gasteiger partial charge < -0.3 is 29.7 Å². The quantitative estimate of drug-likeness (QED) is 0.376. The van der Waals surface area contributed by atoms with Crippen molar-refractivity contribution in [2.75, 3.05) is 0 Å². The molecule has 3 N–H and O–H groups in total. The second-order valence-electron chi connectivity index (χ2n) is 8.19. The molecule has 0 aliphatic heterocycles. The topological polar surface area (TPSA) is 117 Å². The van der Waals surface area contributed by atoms with E-state index in [0.29, 0.717) is 44.8 Å². The normalized spacial score (nSPS) is 11.6. The number of hydrogen-bond acceptors (Lipinski definition) is 5. The molecule has 0 spiro atoms. The highest BCUT2D eigenvalue weighted by atomic mass is 16.5. The number of nitrogens with zero attached hydrogens (tertiary/aromatic N) is 2. The van der Waals surface area contributed by atoms with Crippen LogP contribution in [0.1, 0.15) is 16.8 Å². The Kier molecular flexibility index (Phi) is 5.89. The molecule has 0 aliphatic rings. The van der Waals surface area contributed by atoms with E-state index in [-0.39, 0.29) is 11.1 Å². The van der Waals surface area contributed by atoms with E-state index >= 15 is 0 Å². The number of allylic oxidation sites excluding steroid dienone is 2. The first-order valence-corrected chi connectivity index (χ1v) is 10.6. The van der Waals surface area contributed by atoms with Gasteiger partial charge in [-0.25, -0.2) is 0 Å². The lowest BCUT2D eigenvalue weighted by Gasteiger charge is -2.17. The van der Waals surface area contributed by atoms with Crippen molar-refractivity contribution in [3.8, 4) is 22.6 Å². The Bertz CT molecular complexity index is 1580. The van der Waals surface area contributed by atoms with Crippen molar-refractivity contribution in [2.45, 2.75) is 13.8 Å². The summed E-state index contributed by atoms with van der Waals surface area (Å²) < 4.78 is 9.26. The van der Waals surface area contributed by atoms with Crippen LogP contribution in [0.15, 0.2) is 58.4 Å². The third-order valence-electron chi connectivity index (χ3n) is 5.80. The van der Waals surface area contributed by atoms with Gasteiger partial charge in [-0.2, -0.15) is 0 Å². The van der Waals surface area contributed by atoms with Crippen LogP contribution in [0.3, 0.4) is 0 Å². The third kappa shape index (κ3) is 3.90. The molecular weight excluding hydrogens is 430 g/mol. The van der Waals surface area contributed by atoms with Crippen molar-refractivity contribution >= 4 is 28.9 Å². The molecule has 0 fully saturated rings. The van der Waals surface area contributed by atoms with E-state index in [1.807, 2.05) is 32.0 Å². The van der Waals surface area contributed by atoms with E-state index in [0.717, 1.165) is 23.6 Å². The van der Waals surface area contributed by atoms with Crippen molar-refractivity contribution in [3.63, 3.8) is 0 Å². The molecule has 3 aromatic heterocycles. The number of fused-ring (bicyclic) bond motifs is 1. The number of H-pyrrole nitrogens is 1. The largest absolute Gasteiger partial charge is 0.455 e. The maximum absolute atomic E-state index is 12.9. The number of ether oxygens (including phenoxy) is 1. The summed E-state index contributed by atoms with van der Waals surface area (Å²) in [6.45, 7) is 3.92. The molecule has 8 heteroatoms. The minimum absolute atomic E-state index is 0.217. The lowest BCUT2D eigenvalue weighted by molar-refractivity contribution is 0.470. The highest BCUT2D eigenvalue weighted by molar-refractivity contribution is 6.13. The average Bonchev–Trinajstić information content (AvgIpc) is 3.25. The Hall–Kier alpha value is -4.46. The summed E-state index contributed by atoms with van der Waals surface area (Å²) in [6, 6.07) is 9.13. The molecule has 172 valence electrons. The number of rotatable bonds is 6. The van der Waals surface area contributed by atoms with E-state index < -0.39 is 0 Å². The molecule has 3 heterocycles. The Balaban J connectivity index is 2.03. The maximum atomic E-state index is 12.9. The lowest BCUT2D eigenvalue weighted by Crippen LogP contribution is -2.18. The Morgan fingerprint density at radius 1 is 1.00 bits per heavy atom. The Labute approximate surface area is 195 Å². The van der Waals surface area contributed by atoms with E-state index in [4.69, 9.17) is 15.6 Å². The van der Waals surface area contributed by atoms with E-state index in [2.05, 4.69) is 4.98 Å². The number of benzene rings is 1. The monoisotopic (exact) mass is 455 g/mol. The summed E-state index contributed by atoms with van der Waals surface area (Å²) in [7, 11) is 3.30. The van der Waals surface area contributed by atoms with Gasteiger partial charge in [0.1, 0.15) is 11.3 Å². The van der Waals surface area contributed by atoms with Crippen molar-refractivity contribution < 1.29 is 4.74 Å². The van der Waals surface area contributed by atoms with Crippen LogP contribution in [0.5, 0.6) is 11.5 Å². The molecule has 0 saturated carbocycles. The second kappa shape index (κ2) is 8.82. The molecule has 4 aromatic rings. The van der Waals surface area contributed by atoms with Crippen LogP contribution in [-0.4, -0.2) is 26.5 Å². The standard InChI is InChI=1S/C26H25N5O3/c1-15-6-5-7-16(2)25(15)34-22-14-30(3)23(32)11-18(22)20-13-31(4)26(33)24-19(20)10-21(29-24)17(12-28)8-9-27/h5-14,27-29H,1-4H3/b17-8+,27-9?,28-12?. The highest BCUT2D eigenvalue weighted by Gasteiger charge is 2.19. The maximum Gasteiger partial charge on any atom is 0.274 e. The molecule has 0 radical (unpaired) electrons. The third-order valence-corrected chi connectivity index (χ3v) is 5.80. The number of para-hydroxylation sites is 1. The lowest BCUT2D eigenvalue weighted by atomic mass is 10.0. The highest BCUT2D eigenvalue weighted by Crippen LogP contribution is 2.38. The van der Waals surface area contributed by atoms with Crippen LogP contribution in [-0.2, 0) is 14.1 Å². The Morgan fingerprint density at radius 2 is 1.71 bits per heavy atom. The SMILES string of the molecule is Cc1cccc(C)c1Oc1cn(C)c(=O)cc1-c1cn(C)c(=O)c2[nH]c(/C(C=N)=C/C=N)cc12. The summed E-state index contributed by atoms with van der Waals surface area (Å²) in [5.41, 5.74) is 3.96. The van der Waals surface area contributed by atoms with E-state index in [9.17, 15) is 9.59 Å². The molecule has 34 heavy (non-hydrogen) atoms. The van der Waals surface area contributed by atoms with Gasteiger partial charge in [0.05, 0.1) is 6.20 Å². The number of aromatic amines is 1. The minimum atomic E-state index is -0.245. The molecule has 8 nitrogen and oxygen atoms in total. The molecule has 0 saturated heterocycles. The number of aryl methyl sites for hydroxylation is 4. The number of aromatic nitrogens is 3. The molecule has 0 atom stereocenters. The molecule has 4 rings (SSSR count). The van der Waals surface area contributed by atoms with Gasteiger partial charge in [-0.1, -0.05) is 18.2 Å². The van der Waals surface area contributed by atoms with Gasteiger partial charge in [0.2, 0.25) is 0 Å². The predicted octanol–water partition coefficient (Wildman–Crippen LogP) is 4.32. The summed E-state index contributed by atoms with van der Waals surface area (Å²) in [6.07, 6.45) is 7.00. The molecule has 0 unspecified atom stereocenters. The zero-order valence-electron chi connectivity index (χ0n) is 19.4. The zero-order chi connectivity index (χ0) is 24.6. The van der Waals surface area contributed by atoms with Crippen LogP contribution in [0.4, 0.5) is 0 Å². The number of hydrogen-bond donors (Lipinski definition) is 3. The van der Waals surface area contributed by atoms with E-state index in [1.54, 1.807) is 32.6 Å². The van der Waals surface area contributed by atoms with Gasteiger partial charge >= 0.3 is 0 Å². The molecular formula is C26H25N5O3. The minimum Gasteiger partial charge on any atom is -0.455 e. The van der Waals surface area contributed by atoms with Gasteiger partial charge in [-0.15, -0.1) is 0 Å². The predicted molar refractivity (Wildman–Crippen MR) is 136 cm³/mol. The fourth-order valence-corrected chi connectivity index (χ4v) is 3.98. The van der Waals surface area contributed by atoms with Crippen molar-refractivity contribution in [2.24, 2.45) is 14.1 Å². The van der Waals surface area contributed by atoms with E-state index in [1.165, 1.54) is 21.3 Å². The second-order valence-corrected chi connectivity index (χ2v) is 8.19. The summed E-state index contributed by atoms with van der Waals surface area (Å²) >= 11 is 0. The van der Waals surface area contributed by atoms with Crippen LogP contribution >= 0.6 is 0 Å². The van der Waals surface area contributed by atoms with Gasteiger partial charge in [0.25, 0.3) is 11.1 Å². The molecule has 1 aromatic carbocycles. The fourth-order valence-electron chi connectivity index (χ4n) is 3.98. The van der Waals surface area contributed by atoms with Gasteiger partial charge in [-0.3, -0.25) is 9.59 Å².